The van der Waals surface area contributed by atoms with Gasteiger partial charge in [0.1, 0.15) is 5.75 Å². The summed E-state index contributed by atoms with van der Waals surface area (Å²) in [6.07, 6.45) is 0.260. The molecule has 4 heteroatoms. The molecule has 2 rings (SSSR count). The van der Waals surface area contributed by atoms with Gasteiger partial charge in [-0.15, -0.1) is 0 Å². The van der Waals surface area contributed by atoms with E-state index in [-0.39, 0.29) is 12.1 Å². The van der Waals surface area contributed by atoms with E-state index in [1.807, 2.05) is 12.1 Å². The lowest BCUT2D eigenvalue weighted by atomic mass is 10.0. The maximum atomic E-state index is 6.01. The molecule has 2 N–H and O–H groups in total. The monoisotopic (exact) mass is 264 g/mol. The lowest BCUT2D eigenvalue weighted by Crippen LogP contribution is -2.50. The first-order chi connectivity index (χ1) is 9.15. The number of nitrogens with two attached hydrogens (primary N) is 1. The molecule has 0 spiro atoms. The Morgan fingerprint density at radius 2 is 2.26 bits per heavy atom. The molecule has 0 aromatic heterocycles. The Labute approximate surface area is 115 Å². The molecule has 1 aliphatic heterocycles. The lowest BCUT2D eigenvalue weighted by Gasteiger charge is -2.41. The van der Waals surface area contributed by atoms with E-state index in [0.29, 0.717) is 12.6 Å². The van der Waals surface area contributed by atoms with E-state index >= 15 is 0 Å². The van der Waals surface area contributed by atoms with E-state index in [1.54, 1.807) is 7.11 Å². The first kappa shape index (κ1) is 14.3. The minimum Gasteiger partial charge on any atom is -0.497 e. The Bertz CT molecular complexity index is 411. The summed E-state index contributed by atoms with van der Waals surface area (Å²) in [6.45, 7) is 6.58. The van der Waals surface area contributed by atoms with Crippen LogP contribution in [-0.4, -0.2) is 43.9 Å². The minimum absolute atomic E-state index is 0.219. The molecular formula is C15H24N2O2. The molecular weight excluding hydrogens is 240 g/mol. The van der Waals surface area contributed by atoms with Crippen LogP contribution >= 0.6 is 0 Å². The van der Waals surface area contributed by atoms with Gasteiger partial charge in [-0.1, -0.05) is 12.1 Å². The van der Waals surface area contributed by atoms with Crippen LogP contribution in [0.3, 0.4) is 0 Å². The second kappa shape index (κ2) is 6.37. The quantitative estimate of drug-likeness (QED) is 0.901. The van der Waals surface area contributed by atoms with Crippen molar-refractivity contribution in [3.05, 3.63) is 29.8 Å². The number of morpholine rings is 1. The molecule has 3 unspecified atom stereocenters. The van der Waals surface area contributed by atoms with E-state index in [4.69, 9.17) is 15.2 Å². The van der Waals surface area contributed by atoms with Crippen LogP contribution < -0.4 is 10.5 Å². The third kappa shape index (κ3) is 3.26. The van der Waals surface area contributed by atoms with Crippen molar-refractivity contribution in [3.8, 4) is 5.75 Å². The summed E-state index contributed by atoms with van der Waals surface area (Å²) in [5, 5.41) is 0. The Balaban J connectivity index is 2.22. The second-order valence-electron chi connectivity index (χ2n) is 5.22. The summed E-state index contributed by atoms with van der Waals surface area (Å²) < 4.78 is 11.0. The highest BCUT2D eigenvalue weighted by Gasteiger charge is 2.29. The van der Waals surface area contributed by atoms with Crippen LogP contribution in [0.15, 0.2) is 24.3 Å². The number of nitrogens with zero attached hydrogens (tertiary/aromatic N) is 1. The molecule has 0 aliphatic carbocycles. The molecule has 3 atom stereocenters. The van der Waals surface area contributed by atoms with Crippen molar-refractivity contribution in [2.75, 3.05) is 26.8 Å². The average molecular weight is 264 g/mol. The van der Waals surface area contributed by atoms with Crippen LogP contribution in [0.1, 0.15) is 25.5 Å². The van der Waals surface area contributed by atoms with Gasteiger partial charge in [0.15, 0.2) is 0 Å². The first-order valence-electron chi connectivity index (χ1n) is 6.87. The molecule has 0 saturated carbocycles. The van der Waals surface area contributed by atoms with Crippen LogP contribution in [-0.2, 0) is 4.74 Å². The molecule has 19 heavy (non-hydrogen) atoms. The van der Waals surface area contributed by atoms with Crippen molar-refractivity contribution in [1.82, 2.24) is 4.90 Å². The largest absolute Gasteiger partial charge is 0.497 e. The highest BCUT2D eigenvalue weighted by atomic mass is 16.5. The van der Waals surface area contributed by atoms with Crippen LogP contribution in [0.4, 0.5) is 0 Å². The van der Waals surface area contributed by atoms with Gasteiger partial charge in [-0.2, -0.15) is 0 Å². The topological polar surface area (TPSA) is 47.7 Å². The van der Waals surface area contributed by atoms with Crippen molar-refractivity contribution in [2.45, 2.75) is 32.0 Å². The van der Waals surface area contributed by atoms with E-state index < -0.39 is 0 Å². The van der Waals surface area contributed by atoms with E-state index in [2.05, 4.69) is 30.9 Å². The number of hydrogen-bond acceptors (Lipinski definition) is 4. The van der Waals surface area contributed by atoms with Crippen LogP contribution in [0.25, 0.3) is 0 Å². The smallest absolute Gasteiger partial charge is 0.119 e. The van der Waals surface area contributed by atoms with E-state index in [0.717, 1.165) is 18.9 Å². The standard InChI is InChI=1S/C15H24N2O2/c1-11-10-19-12(2)9-17(11)15(8-16)13-5-4-6-14(7-13)18-3/h4-7,11-12,15H,8-10,16H2,1-3H3. The third-order valence-corrected chi connectivity index (χ3v) is 3.76. The Kier molecular flexibility index (Phi) is 4.80. The number of ether oxygens (including phenoxy) is 2. The molecule has 1 saturated heterocycles. The summed E-state index contributed by atoms with van der Waals surface area (Å²) in [4.78, 5) is 2.43. The Hall–Kier alpha value is -1.10. The summed E-state index contributed by atoms with van der Waals surface area (Å²) in [5.74, 6) is 0.880. The molecule has 1 heterocycles. The highest BCUT2D eigenvalue weighted by Crippen LogP contribution is 2.27. The van der Waals surface area contributed by atoms with Crippen molar-refractivity contribution >= 4 is 0 Å². The number of rotatable bonds is 4. The van der Waals surface area contributed by atoms with Crippen molar-refractivity contribution < 1.29 is 9.47 Å². The molecule has 0 radical (unpaired) electrons. The molecule has 1 fully saturated rings. The van der Waals surface area contributed by atoms with E-state index in [1.165, 1.54) is 5.56 Å². The first-order valence-corrected chi connectivity index (χ1v) is 6.87. The predicted molar refractivity (Wildman–Crippen MR) is 76.4 cm³/mol. The molecule has 1 aromatic carbocycles. The van der Waals surface area contributed by atoms with Crippen molar-refractivity contribution in [1.29, 1.82) is 0 Å². The SMILES string of the molecule is COc1cccc(C(CN)N2CC(C)OCC2C)c1. The zero-order chi connectivity index (χ0) is 13.8. The molecule has 0 amide bonds. The zero-order valence-electron chi connectivity index (χ0n) is 12.0. The van der Waals surface area contributed by atoms with E-state index in [9.17, 15) is 0 Å². The molecule has 106 valence electrons. The van der Waals surface area contributed by atoms with Gasteiger partial charge in [-0.3, -0.25) is 4.90 Å². The molecule has 1 aromatic rings. The van der Waals surface area contributed by atoms with Gasteiger partial charge in [-0.05, 0) is 31.5 Å². The molecule has 1 aliphatic rings. The van der Waals surface area contributed by atoms with Gasteiger partial charge in [0.05, 0.1) is 19.8 Å². The van der Waals surface area contributed by atoms with Gasteiger partial charge in [0.2, 0.25) is 0 Å². The highest BCUT2D eigenvalue weighted by molar-refractivity contribution is 5.31. The van der Waals surface area contributed by atoms with Gasteiger partial charge in [-0.25, -0.2) is 0 Å². The van der Waals surface area contributed by atoms with Crippen molar-refractivity contribution in [2.24, 2.45) is 5.73 Å². The number of methoxy groups -OCH3 is 1. The molecule has 4 nitrogen and oxygen atoms in total. The Morgan fingerprint density at radius 1 is 1.47 bits per heavy atom. The fourth-order valence-electron chi connectivity index (χ4n) is 2.67. The van der Waals surface area contributed by atoms with Gasteiger partial charge in [0.25, 0.3) is 0 Å². The summed E-state index contributed by atoms with van der Waals surface area (Å²) in [6, 6.07) is 8.78. The lowest BCUT2D eigenvalue weighted by molar-refractivity contribution is -0.0654. The maximum absolute atomic E-state index is 6.01. The second-order valence-corrected chi connectivity index (χ2v) is 5.22. The predicted octanol–water partition coefficient (Wildman–Crippen LogP) is 1.80. The van der Waals surface area contributed by atoms with Crippen LogP contribution in [0, 0.1) is 0 Å². The number of hydrogen-bond donors (Lipinski definition) is 1. The summed E-state index contributed by atoms with van der Waals surface area (Å²) in [7, 11) is 1.69. The fourth-order valence-corrected chi connectivity index (χ4v) is 2.67. The number of benzene rings is 1. The fraction of sp³-hybridized carbons (Fsp3) is 0.600. The van der Waals surface area contributed by atoms with Gasteiger partial charge < -0.3 is 15.2 Å². The van der Waals surface area contributed by atoms with Crippen molar-refractivity contribution in [3.63, 3.8) is 0 Å². The minimum atomic E-state index is 0.219. The van der Waals surface area contributed by atoms with Gasteiger partial charge >= 0.3 is 0 Å². The van der Waals surface area contributed by atoms with Gasteiger partial charge in [0, 0.05) is 25.2 Å². The zero-order valence-corrected chi connectivity index (χ0v) is 12.0. The normalized spacial score (nSPS) is 26.1. The maximum Gasteiger partial charge on any atom is 0.119 e. The third-order valence-electron chi connectivity index (χ3n) is 3.76. The van der Waals surface area contributed by atoms with Crippen LogP contribution in [0.2, 0.25) is 0 Å². The summed E-state index contributed by atoms with van der Waals surface area (Å²) in [5.41, 5.74) is 7.22. The summed E-state index contributed by atoms with van der Waals surface area (Å²) >= 11 is 0. The Morgan fingerprint density at radius 3 is 2.95 bits per heavy atom. The average Bonchev–Trinajstić information content (AvgIpc) is 2.44. The molecule has 0 bridgehead atoms. The van der Waals surface area contributed by atoms with Crippen LogP contribution in [0.5, 0.6) is 5.75 Å².